The van der Waals surface area contributed by atoms with E-state index in [0.29, 0.717) is 6.41 Å². The molecule has 3 rings (SSSR count). The first-order valence-electron chi connectivity index (χ1n) is 9.41. The van der Waals surface area contributed by atoms with Crippen molar-refractivity contribution < 1.29 is 44.0 Å². The third-order valence-corrected chi connectivity index (χ3v) is 4.90. The maximum atomic E-state index is 12.5. The third-order valence-electron chi connectivity index (χ3n) is 4.31. The largest absolute Gasteiger partial charge is 0.508 e. The summed E-state index contributed by atoms with van der Waals surface area (Å²) >= 11 is 0.821. The Balaban J connectivity index is 1.85. The van der Waals surface area contributed by atoms with Gasteiger partial charge < -0.3 is 34.5 Å². The lowest BCUT2D eigenvalue weighted by molar-refractivity contribution is -0.137. The highest BCUT2D eigenvalue weighted by atomic mass is 32.2. The van der Waals surface area contributed by atoms with Crippen LogP contribution in [0, 0.1) is 0 Å². The molecule has 0 aliphatic carbocycles. The molecule has 1 aromatic heterocycles. The Morgan fingerprint density at radius 3 is 2.50 bits per heavy atom. The first-order chi connectivity index (χ1) is 16.1. The van der Waals surface area contributed by atoms with E-state index in [-0.39, 0.29) is 38.9 Å². The van der Waals surface area contributed by atoms with Gasteiger partial charge in [-0.15, -0.1) is 0 Å². The van der Waals surface area contributed by atoms with Crippen molar-refractivity contribution in [3.05, 3.63) is 52.2 Å². The smallest absolute Gasteiger partial charge is 0.331 e. The highest BCUT2D eigenvalue weighted by Crippen LogP contribution is 2.38. The van der Waals surface area contributed by atoms with Gasteiger partial charge in [0.1, 0.15) is 29.0 Å². The van der Waals surface area contributed by atoms with E-state index in [0.717, 1.165) is 34.9 Å². The number of ether oxygens (including phenoxy) is 1. The number of phenolic OH excluding ortho intramolecular Hbond substituents is 3. The minimum absolute atomic E-state index is 0.0235. The predicted octanol–water partition coefficient (Wildman–Crippen LogP) is 2.40. The highest BCUT2D eigenvalue weighted by molar-refractivity contribution is 8.16. The van der Waals surface area contributed by atoms with Gasteiger partial charge in [0.05, 0.1) is 0 Å². The Kier molecular flexibility index (Phi) is 7.12. The van der Waals surface area contributed by atoms with Gasteiger partial charge in [0.25, 0.3) is 0 Å². The van der Waals surface area contributed by atoms with Gasteiger partial charge in [-0.05, 0) is 23.6 Å². The van der Waals surface area contributed by atoms with Gasteiger partial charge in [0.2, 0.25) is 17.6 Å². The van der Waals surface area contributed by atoms with E-state index in [2.05, 4.69) is 0 Å². The number of thioether (sulfide) groups is 1. The van der Waals surface area contributed by atoms with E-state index in [9.17, 15) is 39.6 Å². The molecule has 1 heterocycles. The molecule has 0 atom stereocenters. The molecule has 0 aliphatic heterocycles. The van der Waals surface area contributed by atoms with Crippen LogP contribution in [0.1, 0.15) is 6.92 Å². The van der Waals surface area contributed by atoms with E-state index < -0.39 is 35.2 Å². The molecular formula is C22H17NO10S. The summed E-state index contributed by atoms with van der Waals surface area (Å²) in [5, 5.41) is 40.8. The fraction of sp³-hybridized carbons (Fsp3) is 0.0909. The molecule has 0 aliphatic rings. The van der Waals surface area contributed by atoms with Gasteiger partial charge in [0.15, 0.2) is 22.4 Å². The second kappa shape index (κ2) is 10.0. The van der Waals surface area contributed by atoms with Crippen molar-refractivity contribution in [3.8, 4) is 40.1 Å². The monoisotopic (exact) mass is 487 g/mol. The molecule has 0 unspecified atom stereocenters. The van der Waals surface area contributed by atoms with Crippen LogP contribution in [0.5, 0.6) is 28.7 Å². The van der Waals surface area contributed by atoms with Gasteiger partial charge in [-0.2, -0.15) is 0 Å². The molecule has 34 heavy (non-hydrogen) atoms. The van der Waals surface area contributed by atoms with Crippen molar-refractivity contribution in [2.45, 2.75) is 6.92 Å². The van der Waals surface area contributed by atoms with Crippen molar-refractivity contribution in [1.29, 1.82) is 0 Å². The molecule has 3 aromatic rings. The quantitative estimate of drug-likeness (QED) is 0.219. The maximum absolute atomic E-state index is 12.5. The number of benzene rings is 2. The molecule has 12 heteroatoms. The standard InChI is InChI=1S/C22H17NO10S/c1-11(25)34-5-4-23(10-24)9-18(29)32-16-3-2-12(6-14(16)27)22-21(31)20(30)19-15(28)7-13(26)8-17(19)33-22/h2-8,10,26-28,31H,9H2,1H3. The summed E-state index contributed by atoms with van der Waals surface area (Å²) in [5.74, 6) is -3.92. The Morgan fingerprint density at radius 1 is 1.12 bits per heavy atom. The van der Waals surface area contributed by atoms with Crippen LogP contribution >= 0.6 is 11.8 Å². The van der Waals surface area contributed by atoms with Crippen molar-refractivity contribution in [1.82, 2.24) is 4.90 Å². The lowest BCUT2D eigenvalue weighted by atomic mass is 10.1. The van der Waals surface area contributed by atoms with Gasteiger partial charge in [0, 0.05) is 30.8 Å². The number of carbonyl (C=O) groups is 3. The topological polar surface area (TPSA) is 175 Å². The van der Waals surface area contributed by atoms with E-state index in [1.54, 1.807) is 0 Å². The summed E-state index contributed by atoms with van der Waals surface area (Å²) in [6.07, 6.45) is 1.56. The lowest BCUT2D eigenvalue weighted by Crippen LogP contribution is -2.27. The zero-order valence-corrected chi connectivity index (χ0v) is 18.2. The van der Waals surface area contributed by atoms with Crippen LogP contribution in [0.25, 0.3) is 22.3 Å². The minimum atomic E-state index is -0.964. The van der Waals surface area contributed by atoms with Crippen LogP contribution in [0.4, 0.5) is 0 Å². The Bertz CT molecular complexity index is 1380. The van der Waals surface area contributed by atoms with Crippen LogP contribution in [0.3, 0.4) is 0 Å². The fourth-order valence-corrected chi connectivity index (χ4v) is 3.26. The Labute approximate surface area is 195 Å². The summed E-state index contributed by atoms with van der Waals surface area (Å²) in [6, 6.07) is 5.47. The van der Waals surface area contributed by atoms with Crippen LogP contribution in [0.15, 0.2) is 51.2 Å². The van der Waals surface area contributed by atoms with Crippen LogP contribution in [-0.2, 0) is 14.4 Å². The normalized spacial score (nSPS) is 11.0. The summed E-state index contributed by atoms with van der Waals surface area (Å²) in [4.78, 5) is 47.5. The number of aromatic hydroxyl groups is 4. The summed E-state index contributed by atoms with van der Waals surface area (Å²) in [6.45, 7) is 0.824. The highest BCUT2D eigenvalue weighted by Gasteiger charge is 2.20. The van der Waals surface area contributed by atoms with E-state index >= 15 is 0 Å². The van der Waals surface area contributed by atoms with Crippen molar-refractivity contribution in [3.63, 3.8) is 0 Å². The molecule has 0 radical (unpaired) electrons. The molecule has 4 N–H and O–H groups in total. The summed E-state index contributed by atoms with van der Waals surface area (Å²) in [5.41, 5.74) is -1.15. The van der Waals surface area contributed by atoms with E-state index in [1.165, 1.54) is 30.7 Å². The number of nitrogens with zero attached hydrogens (tertiary/aromatic N) is 1. The van der Waals surface area contributed by atoms with Crippen LogP contribution in [-0.4, -0.2) is 49.4 Å². The number of fused-ring (bicyclic) bond motifs is 1. The number of hydrogen-bond donors (Lipinski definition) is 4. The fourth-order valence-electron chi connectivity index (χ4n) is 2.85. The molecule has 0 saturated carbocycles. The van der Waals surface area contributed by atoms with E-state index in [4.69, 9.17) is 9.15 Å². The maximum Gasteiger partial charge on any atom is 0.331 e. The van der Waals surface area contributed by atoms with Gasteiger partial charge in [-0.3, -0.25) is 14.4 Å². The minimum Gasteiger partial charge on any atom is -0.508 e. The summed E-state index contributed by atoms with van der Waals surface area (Å²) < 4.78 is 10.5. The zero-order chi connectivity index (χ0) is 25.0. The van der Waals surface area contributed by atoms with Gasteiger partial charge in [-0.25, -0.2) is 4.79 Å². The molecule has 0 fully saturated rings. The SMILES string of the molecule is CC(=O)SC=CN(C=O)CC(=O)Oc1ccc(-c2oc3cc(O)cc(O)c3c(=O)c2O)cc1O. The van der Waals surface area contributed by atoms with Crippen LogP contribution < -0.4 is 10.2 Å². The molecule has 11 nitrogen and oxygen atoms in total. The molecule has 1 amide bonds. The van der Waals surface area contributed by atoms with Crippen molar-refractivity contribution in [2.24, 2.45) is 0 Å². The zero-order valence-electron chi connectivity index (χ0n) is 17.4. The average Bonchev–Trinajstić information content (AvgIpc) is 2.76. The first-order valence-corrected chi connectivity index (χ1v) is 10.3. The molecule has 0 bridgehead atoms. The molecule has 0 spiro atoms. The second-order valence-corrected chi connectivity index (χ2v) is 7.86. The molecule has 0 saturated heterocycles. The molecular weight excluding hydrogens is 470 g/mol. The lowest BCUT2D eigenvalue weighted by Gasteiger charge is -2.13. The number of hydrogen-bond acceptors (Lipinski definition) is 11. The first kappa shape index (κ1) is 24.2. The third kappa shape index (κ3) is 5.30. The van der Waals surface area contributed by atoms with Crippen LogP contribution in [0.2, 0.25) is 0 Å². The number of carbonyl (C=O) groups excluding carboxylic acids is 3. The average molecular weight is 487 g/mol. The predicted molar refractivity (Wildman–Crippen MR) is 120 cm³/mol. The second-order valence-electron chi connectivity index (χ2n) is 6.78. The Morgan fingerprint density at radius 2 is 1.85 bits per heavy atom. The molecule has 176 valence electrons. The number of amides is 1. The van der Waals surface area contributed by atoms with Gasteiger partial charge >= 0.3 is 5.97 Å². The molecule has 2 aromatic carbocycles. The van der Waals surface area contributed by atoms with Crippen molar-refractivity contribution in [2.75, 3.05) is 6.54 Å². The summed E-state index contributed by atoms with van der Waals surface area (Å²) in [7, 11) is 0. The number of phenols is 3. The number of esters is 1. The Hall–Kier alpha value is -4.45. The van der Waals surface area contributed by atoms with Crippen molar-refractivity contribution >= 4 is 40.2 Å². The number of rotatable bonds is 7. The van der Waals surface area contributed by atoms with E-state index in [1.807, 2.05) is 0 Å². The van der Waals surface area contributed by atoms with Gasteiger partial charge in [-0.1, -0.05) is 11.8 Å².